The standard InChI is InChI=1S/C23H27FN2O4S/c1-14(30-18-10-4-3-9-17(18)24)21(27)26-23-20(16-8-2-5-11-19(16)31-23)22(28)25-13-15-7-6-12-29-15/h3-4,9-10,14-15H,2,5-8,11-13H2,1H3,(H,25,28)(H,26,27). The Balaban J connectivity index is 1.49. The van der Waals surface area contributed by atoms with E-state index in [9.17, 15) is 14.0 Å². The molecule has 1 aromatic heterocycles. The van der Waals surface area contributed by atoms with E-state index in [-0.39, 0.29) is 17.8 Å². The van der Waals surface area contributed by atoms with Gasteiger partial charge >= 0.3 is 0 Å². The highest BCUT2D eigenvalue weighted by Gasteiger charge is 2.28. The largest absolute Gasteiger partial charge is 0.478 e. The van der Waals surface area contributed by atoms with E-state index in [1.807, 2.05) is 0 Å². The van der Waals surface area contributed by atoms with Crippen molar-refractivity contribution < 1.29 is 23.5 Å². The van der Waals surface area contributed by atoms with E-state index >= 15 is 0 Å². The number of nitrogens with one attached hydrogen (secondary N) is 2. The molecule has 0 radical (unpaired) electrons. The molecule has 2 amide bonds. The molecule has 2 heterocycles. The molecular formula is C23H27FN2O4S. The first-order valence-corrected chi connectivity index (χ1v) is 11.6. The van der Waals surface area contributed by atoms with Gasteiger partial charge in [-0.3, -0.25) is 9.59 Å². The first-order valence-electron chi connectivity index (χ1n) is 10.8. The molecule has 1 aliphatic carbocycles. The number of ether oxygens (including phenoxy) is 2. The van der Waals surface area contributed by atoms with Crippen LogP contribution >= 0.6 is 11.3 Å². The monoisotopic (exact) mass is 446 g/mol. The third-order valence-electron chi connectivity index (χ3n) is 5.66. The molecule has 2 N–H and O–H groups in total. The Morgan fingerprint density at radius 1 is 1.26 bits per heavy atom. The number of aryl methyl sites for hydroxylation is 1. The molecule has 0 saturated carbocycles. The van der Waals surface area contributed by atoms with Crippen molar-refractivity contribution in [2.24, 2.45) is 0 Å². The van der Waals surface area contributed by atoms with E-state index in [1.165, 1.54) is 23.5 Å². The highest BCUT2D eigenvalue weighted by molar-refractivity contribution is 7.17. The molecule has 2 unspecified atom stereocenters. The predicted octanol–water partition coefficient (Wildman–Crippen LogP) is 4.08. The van der Waals surface area contributed by atoms with Crippen molar-refractivity contribution in [3.63, 3.8) is 0 Å². The lowest BCUT2D eigenvalue weighted by atomic mass is 9.95. The lowest BCUT2D eigenvalue weighted by Gasteiger charge is -2.16. The number of para-hydroxylation sites is 1. The van der Waals surface area contributed by atoms with E-state index in [0.29, 0.717) is 17.1 Å². The number of anilines is 1. The summed E-state index contributed by atoms with van der Waals surface area (Å²) in [4.78, 5) is 27.0. The Morgan fingerprint density at radius 2 is 2.06 bits per heavy atom. The van der Waals surface area contributed by atoms with Gasteiger partial charge in [0.1, 0.15) is 5.00 Å². The minimum Gasteiger partial charge on any atom is -0.478 e. The van der Waals surface area contributed by atoms with Gasteiger partial charge < -0.3 is 20.1 Å². The van der Waals surface area contributed by atoms with Crippen molar-refractivity contribution >= 4 is 28.2 Å². The number of hydrogen-bond donors (Lipinski definition) is 2. The van der Waals surface area contributed by atoms with Gasteiger partial charge in [0.15, 0.2) is 17.7 Å². The van der Waals surface area contributed by atoms with Crippen LogP contribution in [-0.4, -0.2) is 37.2 Å². The number of carbonyl (C=O) groups is 2. The molecule has 0 bridgehead atoms. The zero-order chi connectivity index (χ0) is 21.8. The van der Waals surface area contributed by atoms with Gasteiger partial charge in [-0.25, -0.2) is 4.39 Å². The zero-order valence-electron chi connectivity index (χ0n) is 17.5. The van der Waals surface area contributed by atoms with Crippen molar-refractivity contribution in [1.82, 2.24) is 5.32 Å². The summed E-state index contributed by atoms with van der Waals surface area (Å²) in [6, 6.07) is 5.97. The number of thiophene rings is 1. The SMILES string of the molecule is CC(Oc1ccccc1F)C(=O)Nc1sc2c(c1C(=O)NCC1CCCO1)CCCC2. The quantitative estimate of drug-likeness (QED) is 0.672. The van der Waals surface area contributed by atoms with Crippen molar-refractivity contribution in [1.29, 1.82) is 0 Å². The minimum atomic E-state index is -0.918. The average molecular weight is 447 g/mol. The maximum Gasteiger partial charge on any atom is 0.265 e. The number of carbonyl (C=O) groups excluding carboxylic acids is 2. The molecule has 2 atom stereocenters. The third-order valence-corrected chi connectivity index (χ3v) is 6.87. The minimum absolute atomic E-state index is 0.0187. The maximum atomic E-state index is 13.9. The smallest absolute Gasteiger partial charge is 0.265 e. The van der Waals surface area contributed by atoms with E-state index < -0.39 is 17.8 Å². The van der Waals surface area contributed by atoms with Gasteiger partial charge in [-0.05, 0) is 63.1 Å². The van der Waals surface area contributed by atoms with Crippen LogP contribution in [0.15, 0.2) is 24.3 Å². The van der Waals surface area contributed by atoms with Crippen LogP contribution in [0.5, 0.6) is 5.75 Å². The second-order valence-corrected chi connectivity index (χ2v) is 9.04. The Bertz CT molecular complexity index is 955. The summed E-state index contributed by atoms with van der Waals surface area (Å²) < 4.78 is 25.0. The van der Waals surface area contributed by atoms with Gasteiger partial charge in [0.2, 0.25) is 0 Å². The molecule has 0 spiro atoms. The van der Waals surface area contributed by atoms with E-state index in [0.717, 1.165) is 55.6 Å². The number of benzene rings is 1. The van der Waals surface area contributed by atoms with Crippen molar-refractivity contribution in [2.45, 2.75) is 57.7 Å². The first-order chi connectivity index (χ1) is 15.0. The molecule has 166 valence electrons. The fourth-order valence-electron chi connectivity index (χ4n) is 3.99. The van der Waals surface area contributed by atoms with Crippen LogP contribution in [-0.2, 0) is 22.4 Å². The number of fused-ring (bicyclic) bond motifs is 1. The predicted molar refractivity (Wildman–Crippen MR) is 117 cm³/mol. The van der Waals surface area contributed by atoms with E-state index in [2.05, 4.69) is 10.6 Å². The first kappa shape index (κ1) is 21.8. The second kappa shape index (κ2) is 9.78. The highest BCUT2D eigenvalue weighted by Crippen LogP contribution is 2.38. The van der Waals surface area contributed by atoms with Crippen molar-refractivity contribution in [2.75, 3.05) is 18.5 Å². The van der Waals surface area contributed by atoms with Crippen LogP contribution in [0.2, 0.25) is 0 Å². The Kier molecular flexibility index (Phi) is 6.87. The third kappa shape index (κ3) is 5.07. The number of hydrogen-bond acceptors (Lipinski definition) is 5. The van der Waals surface area contributed by atoms with Crippen LogP contribution in [0.3, 0.4) is 0 Å². The number of rotatable bonds is 7. The van der Waals surface area contributed by atoms with Gasteiger partial charge in [-0.1, -0.05) is 12.1 Å². The van der Waals surface area contributed by atoms with Crippen molar-refractivity contribution in [3.8, 4) is 5.75 Å². The fraction of sp³-hybridized carbons (Fsp3) is 0.478. The molecule has 1 fully saturated rings. The summed E-state index contributed by atoms with van der Waals surface area (Å²) in [5.74, 6) is -1.11. The topological polar surface area (TPSA) is 76.7 Å². The summed E-state index contributed by atoms with van der Waals surface area (Å²) in [6.07, 6.45) is 4.91. The van der Waals surface area contributed by atoms with Gasteiger partial charge in [0.25, 0.3) is 11.8 Å². The maximum absolute atomic E-state index is 13.9. The van der Waals surface area contributed by atoms with Crippen LogP contribution in [0, 0.1) is 5.82 Å². The number of halogens is 1. The molecule has 8 heteroatoms. The summed E-state index contributed by atoms with van der Waals surface area (Å²) in [5.41, 5.74) is 1.57. The molecule has 2 aromatic rings. The van der Waals surface area contributed by atoms with E-state index in [4.69, 9.17) is 9.47 Å². The second-order valence-electron chi connectivity index (χ2n) is 7.94. The van der Waals surface area contributed by atoms with Gasteiger partial charge in [0.05, 0.1) is 11.7 Å². The van der Waals surface area contributed by atoms with Gasteiger partial charge in [0, 0.05) is 18.0 Å². The number of amides is 2. The Hall–Kier alpha value is -2.45. The molecule has 4 rings (SSSR count). The molecule has 1 saturated heterocycles. The zero-order valence-corrected chi connectivity index (χ0v) is 18.4. The summed E-state index contributed by atoms with van der Waals surface area (Å²) in [6.45, 7) is 2.76. The molecule has 1 aliphatic heterocycles. The van der Waals surface area contributed by atoms with Crippen LogP contribution < -0.4 is 15.4 Å². The van der Waals surface area contributed by atoms with Crippen molar-refractivity contribution in [3.05, 3.63) is 46.1 Å². The molecule has 1 aromatic carbocycles. The summed E-state index contributed by atoms with van der Waals surface area (Å²) in [7, 11) is 0. The Labute approximate surface area is 185 Å². The van der Waals surface area contributed by atoms with Crippen LogP contribution in [0.1, 0.15) is 53.4 Å². The fourth-order valence-corrected chi connectivity index (χ4v) is 5.28. The van der Waals surface area contributed by atoms with E-state index in [1.54, 1.807) is 19.1 Å². The molecule has 2 aliphatic rings. The normalized spacial score (nSPS) is 18.8. The van der Waals surface area contributed by atoms with Gasteiger partial charge in [-0.15, -0.1) is 11.3 Å². The van der Waals surface area contributed by atoms with Crippen LogP contribution in [0.4, 0.5) is 9.39 Å². The summed E-state index contributed by atoms with van der Waals surface area (Å²) in [5, 5.41) is 6.37. The molecule has 6 nitrogen and oxygen atoms in total. The molecular weight excluding hydrogens is 419 g/mol. The lowest BCUT2D eigenvalue weighted by molar-refractivity contribution is -0.122. The Morgan fingerprint density at radius 3 is 2.84 bits per heavy atom. The van der Waals surface area contributed by atoms with Crippen LogP contribution in [0.25, 0.3) is 0 Å². The lowest BCUT2D eigenvalue weighted by Crippen LogP contribution is -2.34. The molecule has 31 heavy (non-hydrogen) atoms. The average Bonchev–Trinajstić information content (AvgIpc) is 3.41. The summed E-state index contributed by atoms with van der Waals surface area (Å²) >= 11 is 1.45. The highest BCUT2D eigenvalue weighted by atomic mass is 32.1. The van der Waals surface area contributed by atoms with Gasteiger partial charge in [-0.2, -0.15) is 0 Å².